The van der Waals surface area contributed by atoms with Gasteiger partial charge in [-0.15, -0.1) is 0 Å². The Morgan fingerprint density at radius 3 is 2.44 bits per heavy atom. The summed E-state index contributed by atoms with van der Waals surface area (Å²) in [4.78, 5) is 13.3. The molecule has 1 aliphatic carbocycles. The molecule has 5 nitrogen and oxygen atoms in total. The first kappa shape index (κ1) is 11.9. The van der Waals surface area contributed by atoms with E-state index >= 15 is 0 Å². The fourth-order valence-corrected chi connectivity index (χ4v) is 2.56. The van der Waals surface area contributed by atoms with E-state index in [1.807, 2.05) is 6.07 Å². The Hall–Kier alpha value is -1.20. The van der Waals surface area contributed by atoms with Crippen molar-refractivity contribution in [2.45, 2.75) is 18.9 Å². The Morgan fingerprint density at radius 1 is 1.17 bits per heavy atom. The third-order valence-electron chi connectivity index (χ3n) is 3.90. The highest BCUT2D eigenvalue weighted by Gasteiger charge is 2.30. The minimum absolute atomic E-state index is 0.379. The molecule has 2 aliphatic rings. The molecule has 2 heterocycles. The second kappa shape index (κ2) is 5.20. The first-order valence-corrected chi connectivity index (χ1v) is 6.83. The van der Waals surface area contributed by atoms with Crippen LogP contribution in [0.5, 0.6) is 0 Å². The molecular weight excluding hydrogens is 226 g/mol. The van der Waals surface area contributed by atoms with Crippen LogP contribution in [0, 0.1) is 5.92 Å². The van der Waals surface area contributed by atoms with Crippen molar-refractivity contribution in [1.82, 2.24) is 14.9 Å². The maximum atomic E-state index is 6.18. The van der Waals surface area contributed by atoms with Gasteiger partial charge in [-0.3, -0.25) is 4.90 Å². The lowest BCUT2D eigenvalue weighted by molar-refractivity contribution is 0.234. The molecule has 1 aliphatic heterocycles. The second-order valence-corrected chi connectivity index (χ2v) is 5.34. The molecular formula is C13H21N5. The van der Waals surface area contributed by atoms with Crippen molar-refractivity contribution in [3.8, 4) is 0 Å². The average molecular weight is 247 g/mol. The van der Waals surface area contributed by atoms with Crippen LogP contribution < -0.4 is 10.6 Å². The van der Waals surface area contributed by atoms with Gasteiger partial charge < -0.3 is 10.6 Å². The molecule has 18 heavy (non-hydrogen) atoms. The fraction of sp³-hybridized carbons (Fsp3) is 0.692. The first-order valence-electron chi connectivity index (χ1n) is 6.83. The van der Waals surface area contributed by atoms with Crippen LogP contribution >= 0.6 is 0 Å². The van der Waals surface area contributed by atoms with E-state index in [2.05, 4.69) is 19.8 Å². The van der Waals surface area contributed by atoms with Crippen molar-refractivity contribution in [3.05, 3.63) is 18.5 Å². The molecule has 0 radical (unpaired) electrons. The minimum Gasteiger partial charge on any atom is -0.338 e. The number of rotatable bonds is 4. The van der Waals surface area contributed by atoms with E-state index in [0.717, 1.165) is 44.6 Å². The predicted molar refractivity (Wildman–Crippen MR) is 71.4 cm³/mol. The molecule has 0 spiro atoms. The number of hydrogen-bond donors (Lipinski definition) is 1. The largest absolute Gasteiger partial charge is 0.338 e. The van der Waals surface area contributed by atoms with Gasteiger partial charge in [0.15, 0.2) is 0 Å². The molecule has 98 valence electrons. The molecule has 3 rings (SSSR count). The molecule has 0 bridgehead atoms. The molecule has 1 saturated heterocycles. The smallest absolute Gasteiger partial charge is 0.225 e. The van der Waals surface area contributed by atoms with Gasteiger partial charge in [0.25, 0.3) is 0 Å². The molecule has 1 saturated carbocycles. The zero-order chi connectivity index (χ0) is 12.4. The van der Waals surface area contributed by atoms with Crippen LogP contribution in [-0.4, -0.2) is 53.6 Å². The Bertz CT molecular complexity index is 370. The van der Waals surface area contributed by atoms with Crippen LogP contribution in [0.4, 0.5) is 5.95 Å². The summed E-state index contributed by atoms with van der Waals surface area (Å²) in [6, 6.07) is 2.23. The van der Waals surface area contributed by atoms with Gasteiger partial charge in [0.1, 0.15) is 0 Å². The standard InChI is InChI=1S/C13H21N5/c14-12(11-2-3-11)10-17-6-8-18(9-7-17)13-15-4-1-5-16-13/h1,4-5,11-12H,2-3,6-10,14H2. The Balaban J connectivity index is 1.48. The number of anilines is 1. The minimum atomic E-state index is 0.379. The zero-order valence-corrected chi connectivity index (χ0v) is 10.7. The lowest BCUT2D eigenvalue weighted by Gasteiger charge is -2.35. The number of nitrogens with zero attached hydrogens (tertiary/aromatic N) is 4. The average Bonchev–Trinajstić information content (AvgIpc) is 3.25. The lowest BCUT2D eigenvalue weighted by Crippen LogP contribution is -2.50. The number of hydrogen-bond acceptors (Lipinski definition) is 5. The third-order valence-corrected chi connectivity index (χ3v) is 3.90. The molecule has 2 fully saturated rings. The summed E-state index contributed by atoms with van der Waals surface area (Å²) in [5.41, 5.74) is 6.18. The van der Waals surface area contributed by atoms with Crippen LogP contribution in [0.1, 0.15) is 12.8 Å². The number of nitrogens with two attached hydrogens (primary N) is 1. The summed E-state index contributed by atoms with van der Waals surface area (Å²) in [6.07, 6.45) is 6.27. The predicted octanol–water partition coefficient (Wildman–Crippen LogP) is 0.336. The number of piperazine rings is 1. The second-order valence-electron chi connectivity index (χ2n) is 5.34. The molecule has 2 N–H and O–H groups in total. The van der Waals surface area contributed by atoms with E-state index in [9.17, 15) is 0 Å². The van der Waals surface area contributed by atoms with Crippen molar-refractivity contribution in [2.24, 2.45) is 11.7 Å². The van der Waals surface area contributed by atoms with Crippen molar-refractivity contribution in [2.75, 3.05) is 37.6 Å². The molecule has 1 unspecified atom stereocenters. The van der Waals surface area contributed by atoms with E-state index in [4.69, 9.17) is 5.73 Å². The molecule has 0 aromatic carbocycles. The molecule has 1 atom stereocenters. The topological polar surface area (TPSA) is 58.3 Å². The summed E-state index contributed by atoms with van der Waals surface area (Å²) in [5.74, 6) is 1.64. The van der Waals surface area contributed by atoms with Crippen LogP contribution in [0.15, 0.2) is 18.5 Å². The molecule has 0 amide bonds. The summed E-state index contributed by atoms with van der Waals surface area (Å²) >= 11 is 0. The van der Waals surface area contributed by atoms with Crippen LogP contribution in [-0.2, 0) is 0 Å². The normalized spacial score (nSPS) is 23.1. The van der Waals surface area contributed by atoms with Gasteiger partial charge in [-0.1, -0.05) is 0 Å². The summed E-state index contributed by atoms with van der Waals surface area (Å²) in [6.45, 7) is 5.19. The highest BCUT2D eigenvalue weighted by atomic mass is 15.3. The quantitative estimate of drug-likeness (QED) is 0.831. The summed E-state index contributed by atoms with van der Waals surface area (Å²) in [5, 5.41) is 0. The molecule has 1 aromatic rings. The van der Waals surface area contributed by atoms with E-state index in [1.165, 1.54) is 12.8 Å². The maximum absolute atomic E-state index is 6.18. The summed E-state index contributed by atoms with van der Waals surface area (Å²) < 4.78 is 0. The SMILES string of the molecule is NC(CN1CCN(c2ncccn2)CC1)C1CC1. The third kappa shape index (κ3) is 2.79. The fourth-order valence-electron chi connectivity index (χ4n) is 2.56. The van der Waals surface area contributed by atoms with Gasteiger partial charge >= 0.3 is 0 Å². The summed E-state index contributed by atoms with van der Waals surface area (Å²) in [7, 11) is 0. The number of aromatic nitrogens is 2. The van der Waals surface area contributed by atoms with Crippen LogP contribution in [0.3, 0.4) is 0 Å². The zero-order valence-electron chi connectivity index (χ0n) is 10.7. The van der Waals surface area contributed by atoms with Crippen LogP contribution in [0.25, 0.3) is 0 Å². The molecule has 1 aromatic heterocycles. The van der Waals surface area contributed by atoms with Crippen LogP contribution in [0.2, 0.25) is 0 Å². The van der Waals surface area contributed by atoms with Crippen molar-refractivity contribution in [1.29, 1.82) is 0 Å². The van der Waals surface area contributed by atoms with E-state index in [-0.39, 0.29) is 0 Å². The van der Waals surface area contributed by atoms with Crippen molar-refractivity contribution >= 4 is 5.95 Å². The van der Waals surface area contributed by atoms with E-state index in [0.29, 0.717) is 6.04 Å². The monoisotopic (exact) mass is 247 g/mol. The van der Waals surface area contributed by atoms with E-state index in [1.54, 1.807) is 12.4 Å². The highest BCUT2D eigenvalue weighted by molar-refractivity contribution is 5.29. The van der Waals surface area contributed by atoms with Crippen molar-refractivity contribution < 1.29 is 0 Å². The maximum Gasteiger partial charge on any atom is 0.225 e. The molecule has 5 heteroatoms. The van der Waals surface area contributed by atoms with Crippen molar-refractivity contribution in [3.63, 3.8) is 0 Å². The van der Waals surface area contributed by atoms with Gasteiger partial charge in [0, 0.05) is 51.2 Å². The highest BCUT2D eigenvalue weighted by Crippen LogP contribution is 2.31. The Morgan fingerprint density at radius 2 is 1.83 bits per heavy atom. The van der Waals surface area contributed by atoms with E-state index < -0.39 is 0 Å². The lowest BCUT2D eigenvalue weighted by atomic mass is 10.2. The first-order chi connectivity index (χ1) is 8.83. The van der Waals surface area contributed by atoms with Gasteiger partial charge in [-0.25, -0.2) is 9.97 Å². The van der Waals surface area contributed by atoms with Gasteiger partial charge in [-0.2, -0.15) is 0 Å². The Labute approximate surface area is 108 Å². The Kier molecular flexibility index (Phi) is 3.43. The van der Waals surface area contributed by atoms with Gasteiger partial charge in [0.05, 0.1) is 0 Å². The van der Waals surface area contributed by atoms with Gasteiger partial charge in [0.2, 0.25) is 5.95 Å². The van der Waals surface area contributed by atoms with Gasteiger partial charge in [-0.05, 0) is 24.8 Å².